The number of aromatic hydroxyl groups is 1. The number of rotatable bonds is 4. The molecule has 6 nitrogen and oxygen atoms in total. The average molecular weight is 431 g/mol. The lowest BCUT2D eigenvalue weighted by Gasteiger charge is -2.14. The Morgan fingerprint density at radius 1 is 1.13 bits per heavy atom. The van der Waals surface area contributed by atoms with Crippen molar-refractivity contribution < 1.29 is 18.3 Å². The first-order valence-corrected chi connectivity index (χ1v) is 9.33. The number of aryl methyl sites for hydroxylation is 2. The highest BCUT2D eigenvalue weighted by molar-refractivity contribution is 6.00. The zero-order chi connectivity index (χ0) is 22.9. The Kier molecular flexibility index (Phi) is 5.88. The number of nitrogens with zero attached hydrogens (tertiary/aromatic N) is 2. The summed E-state index contributed by atoms with van der Waals surface area (Å²) in [4.78, 5) is 31.0. The first kappa shape index (κ1) is 22.1. The number of aliphatic imine (C=N–C) groups is 1. The van der Waals surface area contributed by atoms with Gasteiger partial charge in [-0.2, -0.15) is 13.2 Å². The number of aromatic amines is 1. The van der Waals surface area contributed by atoms with Gasteiger partial charge in [-0.25, -0.2) is 9.36 Å². The van der Waals surface area contributed by atoms with Crippen LogP contribution in [-0.2, 0) is 12.7 Å². The fourth-order valence-corrected chi connectivity index (χ4v) is 3.35. The minimum Gasteiger partial charge on any atom is -0.493 e. The largest absolute Gasteiger partial charge is 0.493 e. The molecular weight excluding hydrogens is 411 g/mol. The summed E-state index contributed by atoms with van der Waals surface area (Å²) in [6.07, 6.45) is -4.55. The van der Waals surface area contributed by atoms with Crippen LogP contribution in [0.25, 0.3) is 5.69 Å². The van der Waals surface area contributed by atoms with Gasteiger partial charge in [-0.15, -0.1) is 0 Å². The van der Waals surface area contributed by atoms with Crippen molar-refractivity contribution in [3.8, 4) is 11.6 Å². The van der Waals surface area contributed by atoms with Gasteiger partial charge in [-0.1, -0.05) is 35.9 Å². The van der Waals surface area contributed by atoms with Gasteiger partial charge in [0.25, 0.3) is 5.56 Å². The highest BCUT2D eigenvalue weighted by Crippen LogP contribution is 2.32. The Bertz CT molecular complexity index is 1290. The number of hydrogen-bond acceptors (Lipinski definition) is 4. The van der Waals surface area contributed by atoms with E-state index in [-0.39, 0.29) is 23.4 Å². The molecule has 3 aromatic rings. The van der Waals surface area contributed by atoms with Gasteiger partial charge in [0.05, 0.1) is 23.5 Å². The third kappa shape index (κ3) is 4.45. The predicted octanol–water partition coefficient (Wildman–Crippen LogP) is 3.88. The topological polar surface area (TPSA) is 87.4 Å². The lowest BCUT2D eigenvalue weighted by Crippen LogP contribution is -2.33. The van der Waals surface area contributed by atoms with Crippen molar-refractivity contribution >= 4 is 5.71 Å². The van der Waals surface area contributed by atoms with Gasteiger partial charge in [-0.3, -0.25) is 14.8 Å². The van der Waals surface area contributed by atoms with E-state index in [1.54, 1.807) is 25.1 Å². The van der Waals surface area contributed by atoms with E-state index in [4.69, 9.17) is 0 Å². The van der Waals surface area contributed by atoms with Crippen LogP contribution >= 0.6 is 0 Å². The van der Waals surface area contributed by atoms with Crippen LogP contribution in [0, 0.1) is 13.8 Å². The number of aromatic nitrogens is 2. The van der Waals surface area contributed by atoms with Crippen molar-refractivity contribution in [2.24, 2.45) is 4.99 Å². The molecule has 1 aromatic heterocycles. The third-order valence-corrected chi connectivity index (χ3v) is 4.85. The molecule has 0 aliphatic carbocycles. The molecule has 0 saturated heterocycles. The lowest BCUT2D eigenvalue weighted by molar-refractivity contribution is -0.138. The molecule has 1 heterocycles. The van der Waals surface area contributed by atoms with Crippen molar-refractivity contribution in [2.45, 2.75) is 33.5 Å². The molecule has 3 rings (SSSR count). The quantitative estimate of drug-likeness (QED) is 0.615. The monoisotopic (exact) mass is 431 g/mol. The SMILES string of the molecule is CC(=NCc1ccccc1C(F)(F)F)c1c(O)n(-c2ccc(C)cc2C)c(=O)[nH]c1=O. The Labute approximate surface area is 175 Å². The van der Waals surface area contributed by atoms with Crippen LogP contribution in [0.5, 0.6) is 5.88 Å². The van der Waals surface area contributed by atoms with Crippen LogP contribution in [0.15, 0.2) is 57.0 Å². The molecule has 0 aliphatic rings. The highest BCUT2D eigenvalue weighted by Gasteiger charge is 2.32. The van der Waals surface area contributed by atoms with Gasteiger partial charge in [0.2, 0.25) is 5.88 Å². The summed E-state index contributed by atoms with van der Waals surface area (Å²) in [6.45, 7) is 4.64. The molecule has 2 aromatic carbocycles. The molecule has 0 saturated carbocycles. The maximum absolute atomic E-state index is 13.2. The molecule has 9 heteroatoms. The molecule has 31 heavy (non-hydrogen) atoms. The summed E-state index contributed by atoms with van der Waals surface area (Å²) in [5, 5.41) is 10.7. The molecule has 0 fully saturated rings. The van der Waals surface area contributed by atoms with Gasteiger partial charge in [0, 0.05) is 0 Å². The first-order valence-electron chi connectivity index (χ1n) is 9.33. The van der Waals surface area contributed by atoms with Crippen molar-refractivity contribution in [3.63, 3.8) is 0 Å². The Hall–Kier alpha value is -3.62. The molecule has 0 bridgehead atoms. The lowest BCUT2D eigenvalue weighted by atomic mass is 10.1. The second-order valence-electron chi connectivity index (χ2n) is 7.14. The van der Waals surface area contributed by atoms with E-state index in [1.165, 1.54) is 25.1 Å². The zero-order valence-electron chi connectivity index (χ0n) is 17.0. The van der Waals surface area contributed by atoms with Crippen molar-refractivity contribution in [2.75, 3.05) is 0 Å². The highest BCUT2D eigenvalue weighted by atomic mass is 19.4. The second-order valence-corrected chi connectivity index (χ2v) is 7.14. The molecule has 0 unspecified atom stereocenters. The van der Waals surface area contributed by atoms with Crippen LogP contribution in [0.2, 0.25) is 0 Å². The van der Waals surface area contributed by atoms with Crippen LogP contribution in [0.4, 0.5) is 13.2 Å². The number of halogens is 3. The summed E-state index contributed by atoms with van der Waals surface area (Å²) in [5.41, 5.74) is -0.928. The predicted molar refractivity (Wildman–Crippen MR) is 111 cm³/mol. The normalized spacial score (nSPS) is 12.3. The molecule has 0 amide bonds. The van der Waals surface area contributed by atoms with E-state index in [0.717, 1.165) is 16.2 Å². The minimum absolute atomic E-state index is 0.00533. The third-order valence-electron chi connectivity index (χ3n) is 4.85. The standard InChI is InChI=1S/C22H20F3N3O3/c1-12-8-9-17(13(2)10-12)28-20(30)18(19(29)27-21(28)31)14(3)26-11-15-6-4-5-7-16(15)22(23,24)25/h4-10,30H,11H2,1-3H3,(H,27,29,31). The average Bonchev–Trinajstić information content (AvgIpc) is 2.67. The number of hydrogen-bond donors (Lipinski definition) is 2. The van der Waals surface area contributed by atoms with E-state index in [1.807, 2.05) is 6.92 Å². The van der Waals surface area contributed by atoms with E-state index < -0.39 is 28.9 Å². The van der Waals surface area contributed by atoms with E-state index >= 15 is 0 Å². The van der Waals surface area contributed by atoms with Gasteiger partial charge in [-0.05, 0) is 44.0 Å². The maximum Gasteiger partial charge on any atom is 0.416 e. The smallest absolute Gasteiger partial charge is 0.416 e. The summed E-state index contributed by atoms with van der Waals surface area (Å²) in [5.74, 6) is -0.633. The summed E-state index contributed by atoms with van der Waals surface area (Å²) >= 11 is 0. The molecular formula is C22H20F3N3O3. The van der Waals surface area contributed by atoms with Crippen LogP contribution in [0.3, 0.4) is 0 Å². The molecule has 0 aliphatic heterocycles. The molecule has 0 spiro atoms. The second kappa shape index (κ2) is 8.25. The molecule has 162 valence electrons. The van der Waals surface area contributed by atoms with Gasteiger partial charge < -0.3 is 5.11 Å². The summed E-state index contributed by atoms with van der Waals surface area (Å²) in [6, 6.07) is 10.2. The van der Waals surface area contributed by atoms with E-state index in [2.05, 4.69) is 9.98 Å². The fourth-order valence-electron chi connectivity index (χ4n) is 3.35. The summed E-state index contributed by atoms with van der Waals surface area (Å²) < 4.78 is 40.5. The first-order chi connectivity index (χ1) is 14.5. The van der Waals surface area contributed by atoms with Crippen molar-refractivity contribution in [3.05, 3.63) is 91.1 Å². The number of benzene rings is 2. The van der Waals surface area contributed by atoms with Gasteiger partial charge in [0.1, 0.15) is 5.56 Å². The Morgan fingerprint density at radius 3 is 2.45 bits per heavy atom. The fraction of sp³-hybridized carbons (Fsp3) is 0.227. The van der Waals surface area contributed by atoms with Crippen LogP contribution in [-0.4, -0.2) is 20.4 Å². The molecule has 0 atom stereocenters. The van der Waals surface area contributed by atoms with E-state index in [9.17, 15) is 27.9 Å². The van der Waals surface area contributed by atoms with Gasteiger partial charge in [0.15, 0.2) is 0 Å². The van der Waals surface area contributed by atoms with Crippen LogP contribution in [0.1, 0.15) is 34.7 Å². The molecule has 0 radical (unpaired) electrons. The van der Waals surface area contributed by atoms with E-state index in [0.29, 0.717) is 11.3 Å². The Balaban J connectivity index is 2.10. The number of nitrogens with one attached hydrogen (secondary N) is 1. The van der Waals surface area contributed by atoms with Crippen LogP contribution < -0.4 is 11.2 Å². The van der Waals surface area contributed by atoms with Gasteiger partial charge >= 0.3 is 11.9 Å². The molecule has 2 N–H and O–H groups in total. The van der Waals surface area contributed by atoms with Crippen molar-refractivity contribution in [1.82, 2.24) is 9.55 Å². The summed E-state index contributed by atoms with van der Waals surface area (Å²) in [7, 11) is 0. The Morgan fingerprint density at radius 2 is 1.81 bits per heavy atom. The maximum atomic E-state index is 13.2. The zero-order valence-corrected chi connectivity index (χ0v) is 17.0. The number of H-pyrrole nitrogens is 1. The van der Waals surface area contributed by atoms with Crippen molar-refractivity contribution in [1.29, 1.82) is 0 Å². The minimum atomic E-state index is -4.55. The number of alkyl halides is 3.